The summed E-state index contributed by atoms with van der Waals surface area (Å²) < 4.78 is 11.7. The quantitative estimate of drug-likeness (QED) is 0.230. The van der Waals surface area contributed by atoms with E-state index >= 15 is 0 Å². The molecular weight excluding hydrogens is 492 g/mol. The Morgan fingerprint density at radius 2 is 1.77 bits per heavy atom. The van der Waals surface area contributed by atoms with E-state index in [0.717, 1.165) is 27.4 Å². The molecule has 8 nitrogen and oxygen atoms in total. The fourth-order valence-electron chi connectivity index (χ4n) is 5.19. The molecule has 0 aliphatic rings. The first kappa shape index (κ1) is 26.1. The van der Waals surface area contributed by atoms with Crippen molar-refractivity contribution in [3.05, 3.63) is 108 Å². The summed E-state index contributed by atoms with van der Waals surface area (Å²) in [5.41, 5.74) is 7.96. The molecule has 2 heterocycles. The van der Waals surface area contributed by atoms with Gasteiger partial charge in [0.1, 0.15) is 11.3 Å². The van der Waals surface area contributed by atoms with Gasteiger partial charge in [-0.2, -0.15) is 0 Å². The van der Waals surface area contributed by atoms with Crippen LogP contribution in [0.5, 0.6) is 0 Å². The number of nitrogens with zero attached hydrogens (tertiary/aromatic N) is 1. The average Bonchev–Trinajstić information content (AvgIpc) is 3.55. The standard InChI is InChI=1S/C31H32N4O4/c1-21(22-10-4-3-5-11-22)34-29(36)31(20-38-2,17-24-18-33-27-14-8-7-13-26(24)27)35(30(32)37)19-25-16-23-12-6-9-15-28(23)39-25/h3-16,18,21,33H,17,19-20H2,1-2H3,(H2,32,37)(H,34,36). The highest BCUT2D eigenvalue weighted by Crippen LogP contribution is 2.31. The number of nitrogens with one attached hydrogen (secondary N) is 2. The Labute approximate surface area is 226 Å². The summed E-state index contributed by atoms with van der Waals surface area (Å²) in [5, 5.41) is 4.97. The number of fused-ring (bicyclic) bond motifs is 2. The molecule has 0 fully saturated rings. The second kappa shape index (κ2) is 11.0. The summed E-state index contributed by atoms with van der Waals surface area (Å²) in [6.07, 6.45) is 2.03. The van der Waals surface area contributed by atoms with E-state index < -0.39 is 11.6 Å². The molecule has 5 aromatic rings. The zero-order valence-corrected chi connectivity index (χ0v) is 22.0. The zero-order chi connectivity index (χ0) is 27.4. The van der Waals surface area contributed by atoms with E-state index in [1.807, 2.05) is 98.0 Å². The molecule has 0 bridgehead atoms. The molecule has 0 saturated heterocycles. The molecule has 200 valence electrons. The van der Waals surface area contributed by atoms with Gasteiger partial charge >= 0.3 is 6.03 Å². The Morgan fingerprint density at radius 1 is 1.05 bits per heavy atom. The van der Waals surface area contributed by atoms with Gasteiger partial charge in [0.2, 0.25) is 5.91 Å². The van der Waals surface area contributed by atoms with Crippen molar-refractivity contribution >= 4 is 33.8 Å². The third kappa shape index (κ3) is 5.24. The number of ether oxygens (including phenoxy) is 1. The minimum atomic E-state index is -1.48. The number of benzene rings is 3. The highest BCUT2D eigenvalue weighted by molar-refractivity contribution is 5.93. The predicted octanol–water partition coefficient (Wildman–Crippen LogP) is 5.30. The minimum absolute atomic E-state index is 0.0110. The van der Waals surface area contributed by atoms with Crippen LogP contribution in [0.2, 0.25) is 0 Å². The molecule has 2 aromatic heterocycles. The maximum atomic E-state index is 14.3. The van der Waals surface area contributed by atoms with E-state index in [9.17, 15) is 9.59 Å². The number of H-pyrrole nitrogens is 1. The van der Waals surface area contributed by atoms with Gasteiger partial charge in [-0.1, -0.05) is 66.7 Å². The van der Waals surface area contributed by atoms with Crippen molar-refractivity contribution in [2.24, 2.45) is 5.73 Å². The molecule has 0 saturated carbocycles. The average molecular weight is 525 g/mol. The van der Waals surface area contributed by atoms with E-state index in [2.05, 4.69) is 10.3 Å². The van der Waals surface area contributed by atoms with Crippen LogP contribution >= 0.6 is 0 Å². The number of primary amides is 1. The number of para-hydroxylation sites is 2. The lowest BCUT2D eigenvalue weighted by atomic mass is 9.87. The molecule has 0 radical (unpaired) electrons. The van der Waals surface area contributed by atoms with Crippen LogP contribution in [0.25, 0.3) is 21.9 Å². The third-order valence-corrected chi connectivity index (χ3v) is 7.18. The van der Waals surface area contributed by atoms with Crippen LogP contribution in [-0.4, -0.2) is 41.1 Å². The normalized spacial score (nSPS) is 13.7. The van der Waals surface area contributed by atoms with Gasteiger partial charge < -0.3 is 30.1 Å². The monoisotopic (exact) mass is 524 g/mol. The Bertz CT molecular complexity index is 1560. The van der Waals surface area contributed by atoms with Crippen molar-refractivity contribution in [1.29, 1.82) is 0 Å². The van der Waals surface area contributed by atoms with Gasteiger partial charge in [-0.15, -0.1) is 0 Å². The van der Waals surface area contributed by atoms with Crippen LogP contribution in [-0.2, 0) is 22.5 Å². The van der Waals surface area contributed by atoms with Gasteiger partial charge in [0, 0.05) is 36.0 Å². The number of amides is 3. The molecule has 2 atom stereocenters. The molecule has 2 unspecified atom stereocenters. The number of aromatic amines is 1. The van der Waals surface area contributed by atoms with Crippen LogP contribution in [0.4, 0.5) is 4.79 Å². The van der Waals surface area contributed by atoms with E-state index in [4.69, 9.17) is 14.9 Å². The van der Waals surface area contributed by atoms with Gasteiger partial charge in [-0.05, 0) is 36.2 Å². The molecule has 4 N–H and O–H groups in total. The molecule has 39 heavy (non-hydrogen) atoms. The number of methoxy groups -OCH3 is 1. The smallest absolute Gasteiger partial charge is 0.316 e. The maximum absolute atomic E-state index is 14.3. The second-order valence-corrected chi connectivity index (χ2v) is 9.78. The highest BCUT2D eigenvalue weighted by Gasteiger charge is 2.47. The highest BCUT2D eigenvalue weighted by atomic mass is 16.5. The molecular formula is C31H32N4O4. The molecule has 3 aromatic carbocycles. The van der Waals surface area contributed by atoms with Crippen molar-refractivity contribution in [3.63, 3.8) is 0 Å². The van der Waals surface area contributed by atoms with Crippen molar-refractivity contribution in [2.45, 2.75) is 31.5 Å². The van der Waals surface area contributed by atoms with Gasteiger partial charge in [0.25, 0.3) is 0 Å². The van der Waals surface area contributed by atoms with Crippen molar-refractivity contribution < 1.29 is 18.7 Å². The zero-order valence-electron chi connectivity index (χ0n) is 22.0. The van der Waals surface area contributed by atoms with Crippen LogP contribution in [0.3, 0.4) is 0 Å². The van der Waals surface area contributed by atoms with Crippen molar-refractivity contribution in [2.75, 3.05) is 13.7 Å². The number of urea groups is 1. The SMILES string of the molecule is COCC(Cc1c[nH]c2ccccc12)(C(=O)NC(C)c1ccccc1)N(Cc1cc2ccccc2o1)C(N)=O. The number of carbonyl (C=O) groups is 2. The summed E-state index contributed by atoms with van der Waals surface area (Å²) in [6.45, 7) is 1.82. The predicted molar refractivity (Wildman–Crippen MR) is 151 cm³/mol. The Kier molecular flexibility index (Phi) is 7.38. The molecule has 0 aliphatic heterocycles. The van der Waals surface area contributed by atoms with Gasteiger partial charge in [-0.25, -0.2) is 4.79 Å². The number of furan rings is 1. The molecule has 0 spiro atoms. The van der Waals surface area contributed by atoms with E-state index in [1.54, 1.807) is 0 Å². The third-order valence-electron chi connectivity index (χ3n) is 7.18. The van der Waals surface area contributed by atoms with Crippen molar-refractivity contribution in [3.8, 4) is 0 Å². The first-order chi connectivity index (χ1) is 18.9. The summed E-state index contributed by atoms with van der Waals surface area (Å²) in [7, 11) is 1.51. The second-order valence-electron chi connectivity index (χ2n) is 9.78. The molecule has 5 rings (SSSR count). The van der Waals surface area contributed by atoms with Crippen LogP contribution in [0.15, 0.2) is 95.5 Å². The van der Waals surface area contributed by atoms with Crippen LogP contribution < -0.4 is 11.1 Å². The Morgan fingerprint density at radius 3 is 2.51 bits per heavy atom. The Hall–Kier alpha value is -4.56. The fourth-order valence-corrected chi connectivity index (χ4v) is 5.19. The number of nitrogens with two attached hydrogens (primary N) is 1. The topological polar surface area (TPSA) is 114 Å². The van der Waals surface area contributed by atoms with Crippen LogP contribution in [0, 0.1) is 0 Å². The summed E-state index contributed by atoms with van der Waals surface area (Å²) in [4.78, 5) is 32.1. The summed E-state index contributed by atoms with van der Waals surface area (Å²) in [5.74, 6) is 0.138. The number of carbonyl (C=O) groups excluding carboxylic acids is 2. The molecule has 8 heteroatoms. The van der Waals surface area contributed by atoms with Crippen LogP contribution in [0.1, 0.15) is 29.9 Å². The lowest BCUT2D eigenvalue weighted by Gasteiger charge is -2.41. The number of hydrogen-bond acceptors (Lipinski definition) is 4. The van der Waals surface area contributed by atoms with E-state index in [1.165, 1.54) is 12.0 Å². The van der Waals surface area contributed by atoms with Crippen molar-refractivity contribution in [1.82, 2.24) is 15.2 Å². The van der Waals surface area contributed by atoms with Gasteiger partial charge in [0.05, 0.1) is 19.2 Å². The number of aromatic nitrogens is 1. The first-order valence-electron chi connectivity index (χ1n) is 12.9. The van der Waals surface area contributed by atoms with Gasteiger partial charge in [-0.3, -0.25) is 4.79 Å². The lowest BCUT2D eigenvalue weighted by Crippen LogP contribution is -2.65. The summed E-state index contributed by atoms with van der Waals surface area (Å²) in [6, 6.07) is 25.9. The summed E-state index contributed by atoms with van der Waals surface area (Å²) >= 11 is 0. The fraction of sp³-hybridized carbons (Fsp3) is 0.226. The number of rotatable bonds is 10. The minimum Gasteiger partial charge on any atom is -0.459 e. The maximum Gasteiger partial charge on any atom is 0.316 e. The Balaban J connectivity index is 1.59. The van der Waals surface area contributed by atoms with E-state index in [0.29, 0.717) is 11.3 Å². The largest absolute Gasteiger partial charge is 0.459 e. The first-order valence-corrected chi connectivity index (χ1v) is 12.9. The van der Waals surface area contributed by atoms with Gasteiger partial charge in [0.15, 0.2) is 5.54 Å². The lowest BCUT2D eigenvalue weighted by molar-refractivity contribution is -0.136. The number of hydrogen-bond donors (Lipinski definition) is 3. The molecule has 3 amide bonds. The molecule has 0 aliphatic carbocycles. The van der Waals surface area contributed by atoms with E-state index in [-0.39, 0.29) is 31.5 Å².